The lowest BCUT2D eigenvalue weighted by atomic mass is 10.3. The second-order valence-corrected chi connectivity index (χ2v) is 6.04. The van der Waals surface area contributed by atoms with Crippen molar-refractivity contribution in [3.63, 3.8) is 0 Å². The molecule has 28 heavy (non-hydrogen) atoms. The van der Waals surface area contributed by atoms with E-state index in [9.17, 15) is 18.0 Å². The van der Waals surface area contributed by atoms with Crippen LogP contribution in [-0.4, -0.2) is 60.7 Å². The maximum atomic E-state index is 12.2. The summed E-state index contributed by atoms with van der Waals surface area (Å²) in [6.45, 7) is 3.03. The Bertz CT molecular complexity index is 652. The molecule has 0 unspecified atom stereocenters. The smallest absolute Gasteiger partial charge is 0.422 e. The summed E-state index contributed by atoms with van der Waals surface area (Å²) in [7, 11) is 0. The van der Waals surface area contributed by atoms with Crippen LogP contribution in [0.25, 0.3) is 0 Å². The van der Waals surface area contributed by atoms with Crippen molar-refractivity contribution < 1.29 is 22.7 Å². The number of pyridine rings is 1. The van der Waals surface area contributed by atoms with Crippen molar-refractivity contribution in [1.82, 2.24) is 20.5 Å². The SMILES string of the molecule is CCNC(=NCc1ccnc(OCC(F)(F)F)c1)NCC(=O)N1CCCC1.I. The number of halogens is 4. The van der Waals surface area contributed by atoms with Gasteiger partial charge in [0.1, 0.15) is 0 Å². The van der Waals surface area contributed by atoms with E-state index in [1.54, 1.807) is 6.07 Å². The predicted octanol–water partition coefficient (Wildman–Crippen LogP) is 2.32. The number of nitrogens with one attached hydrogen (secondary N) is 2. The van der Waals surface area contributed by atoms with Crippen LogP contribution < -0.4 is 15.4 Å². The van der Waals surface area contributed by atoms with E-state index in [1.807, 2.05) is 11.8 Å². The van der Waals surface area contributed by atoms with E-state index >= 15 is 0 Å². The lowest BCUT2D eigenvalue weighted by Crippen LogP contribution is -2.44. The summed E-state index contributed by atoms with van der Waals surface area (Å²) >= 11 is 0. The number of carbonyl (C=O) groups is 1. The zero-order valence-electron chi connectivity index (χ0n) is 15.6. The number of guanidine groups is 1. The maximum absolute atomic E-state index is 12.2. The monoisotopic (exact) mass is 515 g/mol. The van der Waals surface area contributed by atoms with Gasteiger partial charge in [-0.05, 0) is 31.4 Å². The Hall–Kier alpha value is -1.79. The van der Waals surface area contributed by atoms with E-state index in [1.165, 1.54) is 12.3 Å². The Morgan fingerprint density at radius 1 is 1.32 bits per heavy atom. The summed E-state index contributed by atoms with van der Waals surface area (Å²) in [4.78, 5) is 22.0. The zero-order valence-corrected chi connectivity index (χ0v) is 17.9. The van der Waals surface area contributed by atoms with Crippen LogP contribution >= 0.6 is 24.0 Å². The molecule has 0 spiro atoms. The first-order chi connectivity index (χ1) is 12.9. The topological polar surface area (TPSA) is 78.9 Å². The van der Waals surface area contributed by atoms with Gasteiger partial charge >= 0.3 is 6.18 Å². The van der Waals surface area contributed by atoms with Gasteiger partial charge in [-0.25, -0.2) is 9.98 Å². The third kappa shape index (κ3) is 8.93. The Labute approximate surface area is 179 Å². The number of hydrogen-bond donors (Lipinski definition) is 2. The minimum absolute atomic E-state index is 0. The van der Waals surface area contributed by atoms with Gasteiger partial charge in [-0.2, -0.15) is 13.2 Å². The number of aliphatic imine (C=N–C) groups is 1. The molecule has 2 N–H and O–H groups in total. The van der Waals surface area contributed by atoms with Gasteiger partial charge in [-0.3, -0.25) is 4.79 Å². The van der Waals surface area contributed by atoms with Crippen LogP contribution in [0.1, 0.15) is 25.3 Å². The molecule has 1 aliphatic heterocycles. The summed E-state index contributed by atoms with van der Waals surface area (Å²) < 4.78 is 41.3. The van der Waals surface area contributed by atoms with E-state index in [-0.39, 0.29) is 48.9 Å². The lowest BCUT2D eigenvalue weighted by Gasteiger charge is -2.17. The quantitative estimate of drug-likeness (QED) is 0.331. The predicted molar refractivity (Wildman–Crippen MR) is 110 cm³/mol. The minimum atomic E-state index is -4.42. The number of alkyl halides is 3. The largest absolute Gasteiger partial charge is 0.468 e. The molecular formula is C17H25F3IN5O2. The molecular weight excluding hydrogens is 490 g/mol. The van der Waals surface area contributed by atoms with E-state index in [4.69, 9.17) is 0 Å². The number of likely N-dealkylation sites (tertiary alicyclic amines) is 1. The molecule has 1 fully saturated rings. The summed E-state index contributed by atoms with van der Waals surface area (Å²) in [5.41, 5.74) is 0.644. The molecule has 1 amide bonds. The molecule has 1 aliphatic rings. The molecule has 158 valence electrons. The number of ether oxygens (including phenoxy) is 1. The molecule has 0 radical (unpaired) electrons. The standard InChI is InChI=1S/C17H24F3N5O2.HI/c1-2-21-16(24-11-15(26)25-7-3-4-8-25)23-10-13-5-6-22-14(9-13)27-12-17(18,19)20;/h5-6,9H,2-4,7-8,10-12H2,1H3,(H2,21,23,24);1H. The maximum Gasteiger partial charge on any atom is 0.422 e. The fourth-order valence-electron chi connectivity index (χ4n) is 2.53. The van der Waals surface area contributed by atoms with Crippen LogP contribution in [0.2, 0.25) is 0 Å². The van der Waals surface area contributed by atoms with Crippen molar-refractivity contribution in [2.75, 3.05) is 32.8 Å². The van der Waals surface area contributed by atoms with E-state index in [0.717, 1.165) is 25.9 Å². The van der Waals surface area contributed by atoms with Gasteiger partial charge in [-0.15, -0.1) is 24.0 Å². The van der Waals surface area contributed by atoms with Gasteiger partial charge < -0.3 is 20.3 Å². The van der Waals surface area contributed by atoms with Crippen molar-refractivity contribution >= 4 is 35.8 Å². The number of amides is 1. The van der Waals surface area contributed by atoms with Crippen LogP contribution in [0, 0.1) is 0 Å². The summed E-state index contributed by atoms with van der Waals surface area (Å²) in [6.07, 6.45) is -0.991. The highest BCUT2D eigenvalue weighted by molar-refractivity contribution is 14.0. The molecule has 2 heterocycles. The molecule has 7 nitrogen and oxygen atoms in total. The molecule has 1 aromatic heterocycles. The molecule has 0 aromatic carbocycles. The van der Waals surface area contributed by atoms with Crippen molar-refractivity contribution in [2.24, 2.45) is 4.99 Å². The highest BCUT2D eigenvalue weighted by Gasteiger charge is 2.28. The van der Waals surface area contributed by atoms with E-state index in [2.05, 4.69) is 25.3 Å². The van der Waals surface area contributed by atoms with Gasteiger partial charge in [0.05, 0.1) is 13.1 Å². The minimum Gasteiger partial charge on any atom is -0.468 e. The van der Waals surface area contributed by atoms with Gasteiger partial charge in [0.2, 0.25) is 11.8 Å². The normalized spacial score (nSPS) is 14.4. The summed E-state index contributed by atoms with van der Waals surface area (Å²) in [5.74, 6) is 0.367. The Balaban J connectivity index is 0.00000392. The average molecular weight is 515 g/mol. The number of aromatic nitrogens is 1. The van der Waals surface area contributed by atoms with Gasteiger partial charge in [0.25, 0.3) is 0 Å². The van der Waals surface area contributed by atoms with Gasteiger partial charge in [-0.1, -0.05) is 0 Å². The van der Waals surface area contributed by atoms with Crippen LogP contribution in [0.4, 0.5) is 13.2 Å². The summed E-state index contributed by atoms with van der Waals surface area (Å²) in [5, 5.41) is 6.01. The summed E-state index contributed by atoms with van der Waals surface area (Å²) in [6, 6.07) is 3.05. The molecule has 0 aliphatic carbocycles. The van der Waals surface area contributed by atoms with Crippen LogP contribution in [0.3, 0.4) is 0 Å². The molecule has 1 aromatic rings. The zero-order chi connectivity index (χ0) is 19.7. The Morgan fingerprint density at radius 2 is 2.04 bits per heavy atom. The van der Waals surface area contributed by atoms with Crippen molar-refractivity contribution in [3.8, 4) is 5.88 Å². The molecule has 0 atom stereocenters. The fourth-order valence-corrected chi connectivity index (χ4v) is 2.53. The van der Waals surface area contributed by atoms with Crippen LogP contribution in [0.5, 0.6) is 5.88 Å². The first-order valence-electron chi connectivity index (χ1n) is 8.82. The average Bonchev–Trinajstić information content (AvgIpc) is 3.17. The van der Waals surface area contributed by atoms with Gasteiger partial charge in [0, 0.05) is 31.9 Å². The van der Waals surface area contributed by atoms with E-state index in [0.29, 0.717) is 18.1 Å². The van der Waals surface area contributed by atoms with Crippen LogP contribution in [0.15, 0.2) is 23.3 Å². The first-order valence-corrected chi connectivity index (χ1v) is 8.82. The second kappa shape index (κ2) is 11.9. The number of nitrogens with zero attached hydrogens (tertiary/aromatic N) is 3. The number of carbonyl (C=O) groups excluding carboxylic acids is 1. The number of hydrogen-bond acceptors (Lipinski definition) is 4. The second-order valence-electron chi connectivity index (χ2n) is 6.04. The molecule has 1 saturated heterocycles. The van der Waals surface area contributed by atoms with Crippen molar-refractivity contribution in [1.29, 1.82) is 0 Å². The van der Waals surface area contributed by atoms with Crippen LogP contribution in [-0.2, 0) is 11.3 Å². The highest BCUT2D eigenvalue weighted by atomic mass is 127. The molecule has 11 heteroatoms. The highest BCUT2D eigenvalue weighted by Crippen LogP contribution is 2.17. The molecule has 0 bridgehead atoms. The Kier molecular flexibility index (Phi) is 10.3. The first kappa shape index (κ1) is 24.2. The fraction of sp³-hybridized carbons (Fsp3) is 0.588. The lowest BCUT2D eigenvalue weighted by molar-refractivity contribution is -0.154. The number of rotatable bonds is 7. The van der Waals surface area contributed by atoms with E-state index < -0.39 is 12.8 Å². The van der Waals surface area contributed by atoms with Crippen molar-refractivity contribution in [3.05, 3.63) is 23.9 Å². The Morgan fingerprint density at radius 3 is 2.68 bits per heavy atom. The third-order valence-corrected chi connectivity index (χ3v) is 3.81. The van der Waals surface area contributed by atoms with Gasteiger partial charge in [0.15, 0.2) is 12.6 Å². The third-order valence-electron chi connectivity index (χ3n) is 3.81. The molecule has 0 saturated carbocycles. The van der Waals surface area contributed by atoms with Crippen molar-refractivity contribution in [2.45, 2.75) is 32.5 Å². The molecule has 2 rings (SSSR count).